The Kier molecular flexibility index (Phi) is 8.35. The molecule has 8 nitrogen and oxygen atoms in total. The number of imidazole rings is 1. The van der Waals surface area contributed by atoms with Crippen molar-refractivity contribution < 1.29 is 19.4 Å². The van der Waals surface area contributed by atoms with Gasteiger partial charge in [-0.1, -0.05) is 31.2 Å². The summed E-state index contributed by atoms with van der Waals surface area (Å²) in [6.07, 6.45) is 2.09. The number of aliphatic hydroxyl groups excluding tert-OH is 1. The zero-order chi connectivity index (χ0) is 21.4. The Hall–Kier alpha value is -2.71. The molecule has 2 rings (SSSR count). The van der Waals surface area contributed by atoms with E-state index < -0.39 is 0 Å². The highest BCUT2D eigenvalue weighted by atomic mass is 16.5. The van der Waals surface area contributed by atoms with Crippen LogP contribution in [0, 0.1) is 0 Å². The van der Waals surface area contributed by atoms with E-state index in [0.29, 0.717) is 49.9 Å². The van der Waals surface area contributed by atoms with E-state index in [1.807, 2.05) is 35.8 Å². The molecule has 0 saturated heterocycles. The van der Waals surface area contributed by atoms with E-state index in [0.717, 1.165) is 17.5 Å². The zero-order valence-corrected chi connectivity index (χ0v) is 17.6. The number of aromatic nitrogens is 2. The van der Waals surface area contributed by atoms with Gasteiger partial charge in [-0.2, -0.15) is 0 Å². The highest BCUT2D eigenvalue weighted by Gasteiger charge is 2.26. The largest absolute Gasteiger partial charge is 0.392 e. The van der Waals surface area contributed by atoms with Crippen molar-refractivity contribution in [3.05, 3.63) is 46.9 Å². The van der Waals surface area contributed by atoms with E-state index in [9.17, 15) is 14.7 Å². The second kappa shape index (κ2) is 10.7. The molecule has 0 saturated carbocycles. The van der Waals surface area contributed by atoms with Crippen molar-refractivity contribution >= 4 is 18.1 Å². The van der Waals surface area contributed by atoms with Crippen LogP contribution in [-0.2, 0) is 29.1 Å². The lowest BCUT2D eigenvalue weighted by atomic mass is 10.1. The maximum atomic E-state index is 12.9. The molecule has 2 amide bonds. The number of hydrogen-bond acceptors (Lipinski definition) is 5. The molecular weight excluding hydrogens is 372 g/mol. The summed E-state index contributed by atoms with van der Waals surface area (Å²) < 4.78 is 7.45. The Labute approximate surface area is 171 Å². The second-order valence-corrected chi connectivity index (χ2v) is 7.04. The number of ether oxygens (including phenoxy) is 1. The van der Waals surface area contributed by atoms with E-state index in [2.05, 4.69) is 4.98 Å². The second-order valence-electron chi connectivity index (χ2n) is 7.04. The minimum atomic E-state index is -0.228. The molecule has 0 aliphatic carbocycles. The predicted molar refractivity (Wildman–Crippen MR) is 111 cm³/mol. The average Bonchev–Trinajstić information content (AvgIpc) is 3.08. The number of aliphatic hydroxyl groups is 1. The molecule has 0 spiro atoms. The topological polar surface area (TPSA) is 87.9 Å². The fourth-order valence-corrected chi connectivity index (χ4v) is 2.91. The van der Waals surface area contributed by atoms with Crippen LogP contribution >= 0.6 is 0 Å². The number of rotatable bonds is 11. The summed E-state index contributed by atoms with van der Waals surface area (Å²) in [7, 11) is 4.92. The van der Waals surface area contributed by atoms with E-state index in [-0.39, 0.29) is 12.5 Å². The van der Waals surface area contributed by atoms with Gasteiger partial charge in [0.15, 0.2) is 11.5 Å². The molecular formula is C21H30N4O4. The SMILES string of the molecule is CCCOCCc1nc(N(C)C=O)c(C(=O)N(C)C)n1Cc1ccc(CO)cc1. The summed E-state index contributed by atoms with van der Waals surface area (Å²) in [6, 6.07) is 7.52. The fourth-order valence-electron chi connectivity index (χ4n) is 2.91. The summed E-state index contributed by atoms with van der Waals surface area (Å²) in [4.78, 5) is 31.7. The molecule has 29 heavy (non-hydrogen) atoms. The number of anilines is 1. The summed E-state index contributed by atoms with van der Waals surface area (Å²) in [5.41, 5.74) is 2.14. The van der Waals surface area contributed by atoms with Crippen molar-refractivity contribution in [3.8, 4) is 0 Å². The molecule has 8 heteroatoms. The Bertz CT molecular complexity index is 815. The maximum absolute atomic E-state index is 12.9. The third-order valence-corrected chi connectivity index (χ3v) is 4.49. The smallest absolute Gasteiger partial charge is 0.273 e. The molecule has 1 heterocycles. The lowest BCUT2D eigenvalue weighted by Crippen LogP contribution is -2.28. The first-order valence-electron chi connectivity index (χ1n) is 9.68. The highest BCUT2D eigenvalue weighted by Crippen LogP contribution is 2.23. The van der Waals surface area contributed by atoms with Gasteiger partial charge in [0.25, 0.3) is 5.91 Å². The van der Waals surface area contributed by atoms with E-state index in [1.54, 1.807) is 21.1 Å². The van der Waals surface area contributed by atoms with E-state index in [1.165, 1.54) is 9.80 Å². The first-order chi connectivity index (χ1) is 13.9. The number of benzene rings is 1. The third kappa shape index (κ3) is 5.65. The van der Waals surface area contributed by atoms with Gasteiger partial charge in [0.1, 0.15) is 5.82 Å². The van der Waals surface area contributed by atoms with E-state index in [4.69, 9.17) is 4.74 Å². The number of amides is 2. The molecule has 158 valence electrons. The molecule has 0 unspecified atom stereocenters. The van der Waals surface area contributed by atoms with Gasteiger partial charge in [0.2, 0.25) is 6.41 Å². The Morgan fingerprint density at radius 1 is 1.17 bits per heavy atom. The monoisotopic (exact) mass is 402 g/mol. The van der Waals surface area contributed by atoms with Crippen LogP contribution in [0.15, 0.2) is 24.3 Å². The van der Waals surface area contributed by atoms with Gasteiger partial charge in [-0.3, -0.25) is 9.59 Å². The predicted octanol–water partition coefficient (Wildman–Crippen LogP) is 1.69. The first kappa shape index (κ1) is 22.6. The Morgan fingerprint density at radius 2 is 1.83 bits per heavy atom. The van der Waals surface area contributed by atoms with Crippen molar-refractivity contribution in [1.29, 1.82) is 0 Å². The van der Waals surface area contributed by atoms with Crippen LogP contribution in [0.5, 0.6) is 0 Å². The number of hydrogen-bond donors (Lipinski definition) is 1. The van der Waals surface area contributed by atoms with Crippen LogP contribution in [0.2, 0.25) is 0 Å². The minimum Gasteiger partial charge on any atom is -0.392 e. The Morgan fingerprint density at radius 3 is 2.38 bits per heavy atom. The van der Waals surface area contributed by atoms with Crippen LogP contribution in [-0.4, -0.2) is 66.2 Å². The molecule has 0 bridgehead atoms. The van der Waals surface area contributed by atoms with Crippen LogP contribution in [0.25, 0.3) is 0 Å². The van der Waals surface area contributed by atoms with Gasteiger partial charge in [0.05, 0.1) is 13.2 Å². The van der Waals surface area contributed by atoms with Gasteiger partial charge < -0.3 is 24.2 Å². The molecule has 0 atom stereocenters. The molecule has 2 aromatic rings. The lowest BCUT2D eigenvalue weighted by molar-refractivity contribution is -0.107. The minimum absolute atomic E-state index is 0.0238. The van der Waals surface area contributed by atoms with Crippen molar-refractivity contribution in [2.75, 3.05) is 39.3 Å². The maximum Gasteiger partial charge on any atom is 0.273 e. The molecule has 1 N–H and O–H groups in total. The van der Waals surface area contributed by atoms with Gasteiger partial charge >= 0.3 is 0 Å². The fraction of sp³-hybridized carbons (Fsp3) is 0.476. The van der Waals surface area contributed by atoms with Crippen LogP contribution in [0.1, 0.15) is 40.8 Å². The summed E-state index contributed by atoms with van der Waals surface area (Å²) in [5.74, 6) is 0.784. The standard InChI is InChI=1S/C21H30N4O4/c1-5-11-29-12-10-18-22-20(24(4)15-27)19(21(28)23(2)3)25(18)13-16-6-8-17(14-26)9-7-16/h6-9,15,26H,5,10-14H2,1-4H3. The zero-order valence-electron chi connectivity index (χ0n) is 17.6. The first-order valence-corrected chi connectivity index (χ1v) is 9.68. The normalized spacial score (nSPS) is 10.8. The molecule has 1 aromatic heterocycles. The van der Waals surface area contributed by atoms with Gasteiger partial charge in [0, 0.05) is 40.7 Å². The summed E-state index contributed by atoms with van der Waals surface area (Å²) in [5, 5.41) is 9.25. The molecule has 0 aliphatic rings. The third-order valence-electron chi connectivity index (χ3n) is 4.49. The van der Waals surface area contributed by atoms with Crippen molar-refractivity contribution in [3.63, 3.8) is 0 Å². The van der Waals surface area contributed by atoms with Crippen LogP contribution < -0.4 is 4.90 Å². The van der Waals surface area contributed by atoms with Crippen molar-refractivity contribution in [2.45, 2.75) is 32.9 Å². The molecule has 0 fully saturated rings. The highest BCUT2D eigenvalue weighted by molar-refractivity contribution is 5.99. The van der Waals surface area contributed by atoms with Gasteiger partial charge in [-0.25, -0.2) is 4.98 Å². The van der Waals surface area contributed by atoms with Gasteiger partial charge in [-0.05, 0) is 17.5 Å². The van der Waals surface area contributed by atoms with Crippen LogP contribution in [0.4, 0.5) is 5.82 Å². The summed E-state index contributed by atoms with van der Waals surface area (Å²) >= 11 is 0. The van der Waals surface area contributed by atoms with Crippen molar-refractivity contribution in [2.24, 2.45) is 0 Å². The molecule has 0 radical (unpaired) electrons. The molecule has 0 aliphatic heterocycles. The lowest BCUT2D eigenvalue weighted by Gasteiger charge is -2.17. The summed E-state index contributed by atoms with van der Waals surface area (Å²) in [6.45, 7) is 3.58. The van der Waals surface area contributed by atoms with Crippen LogP contribution in [0.3, 0.4) is 0 Å². The number of nitrogens with zero attached hydrogens (tertiary/aromatic N) is 4. The van der Waals surface area contributed by atoms with Crippen molar-refractivity contribution in [1.82, 2.24) is 14.5 Å². The number of carbonyl (C=O) groups is 2. The average molecular weight is 402 g/mol. The van der Waals surface area contributed by atoms with Gasteiger partial charge in [-0.15, -0.1) is 0 Å². The Balaban J connectivity index is 2.49. The van der Waals surface area contributed by atoms with E-state index >= 15 is 0 Å². The molecule has 1 aromatic carbocycles. The quantitative estimate of drug-likeness (QED) is 0.456. The number of carbonyl (C=O) groups excluding carboxylic acids is 2.